The number of nitrogens with one attached hydrogen (secondary N) is 1. The normalized spacial score (nSPS) is 11.1. The number of carbonyl (C=O) groups is 1. The Hall–Kier alpha value is -4.31. The van der Waals surface area contributed by atoms with Crippen LogP contribution in [0.1, 0.15) is 35.7 Å². The number of phenolic OH excluding ortho intramolecular Hbond substituents is 2. The number of fused-ring (bicyclic) bond motifs is 2. The zero-order chi connectivity index (χ0) is 24.4. The largest absolute Gasteiger partial charge is 0.507 e. The highest BCUT2D eigenvalue weighted by Crippen LogP contribution is 2.46. The van der Waals surface area contributed by atoms with E-state index in [1.807, 2.05) is 78.9 Å². The summed E-state index contributed by atoms with van der Waals surface area (Å²) in [4.78, 5) is 13.3. The van der Waals surface area contributed by atoms with E-state index in [1.54, 1.807) is 12.1 Å². The van der Waals surface area contributed by atoms with Crippen LogP contribution in [0.3, 0.4) is 0 Å². The molecule has 0 atom stereocenters. The Bertz CT molecular complexity index is 1540. The van der Waals surface area contributed by atoms with Gasteiger partial charge in [0.15, 0.2) is 0 Å². The van der Waals surface area contributed by atoms with Crippen LogP contribution >= 0.6 is 0 Å². The second-order valence-corrected chi connectivity index (χ2v) is 8.80. The minimum absolute atomic E-state index is 0.0457. The molecule has 5 aromatic rings. The highest BCUT2D eigenvalue weighted by molar-refractivity contribution is 6.16. The van der Waals surface area contributed by atoms with Crippen molar-refractivity contribution in [3.8, 4) is 22.6 Å². The molecular formula is C31H27NO3. The average Bonchev–Trinajstić information content (AvgIpc) is 2.88. The summed E-state index contributed by atoms with van der Waals surface area (Å²) in [5.41, 5.74) is 3.00. The summed E-state index contributed by atoms with van der Waals surface area (Å²) < 4.78 is 0. The van der Waals surface area contributed by atoms with Gasteiger partial charge in [0.2, 0.25) is 0 Å². The van der Waals surface area contributed by atoms with Crippen molar-refractivity contribution in [3.63, 3.8) is 0 Å². The van der Waals surface area contributed by atoms with E-state index in [2.05, 4.69) is 12.2 Å². The molecule has 3 N–H and O–H groups in total. The number of benzene rings is 5. The number of hydrogen-bond acceptors (Lipinski definition) is 3. The topological polar surface area (TPSA) is 69.6 Å². The van der Waals surface area contributed by atoms with Gasteiger partial charge in [-0.2, -0.15) is 0 Å². The Morgan fingerprint density at radius 1 is 0.771 bits per heavy atom. The molecule has 0 aliphatic rings. The third-order valence-corrected chi connectivity index (χ3v) is 6.45. The number of amides is 1. The molecule has 0 aliphatic heterocycles. The van der Waals surface area contributed by atoms with Crippen molar-refractivity contribution >= 4 is 33.1 Å². The standard InChI is InChI=1S/C31H27NO3/c1-2-3-8-20-13-16-23(17-14-20)32-31(35)26-19-22-10-5-7-12-25(22)29(30(26)34)28-24-11-6-4-9-21(24)15-18-27(28)33/h4-7,9-19,33-34H,2-3,8H2,1H3,(H,32,35). The monoisotopic (exact) mass is 461 g/mol. The minimum atomic E-state index is -0.407. The van der Waals surface area contributed by atoms with Crippen molar-refractivity contribution in [2.24, 2.45) is 0 Å². The van der Waals surface area contributed by atoms with Gasteiger partial charge in [-0.15, -0.1) is 0 Å². The molecule has 174 valence electrons. The summed E-state index contributed by atoms with van der Waals surface area (Å²) in [6, 6.07) is 28.2. The molecule has 5 aromatic carbocycles. The molecule has 0 unspecified atom stereocenters. The van der Waals surface area contributed by atoms with E-state index in [0.29, 0.717) is 16.8 Å². The molecule has 1 amide bonds. The smallest absolute Gasteiger partial charge is 0.259 e. The number of hydrogen-bond donors (Lipinski definition) is 3. The number of carbonyl (C=O) groups excluding carboxylic acids is 1. The lowest BCUT2D eigenvalue weighted by Crippen LogP contribution is -2.12. The van der Waals surface area contributed by atoms with Gasteiger partial charge in [-0.05, 0) is 64.2 Å². The molecular weight excluding hydrogens is 434 g/mol. The Balaban J connectivity index is 1.62. The summed E-state index contributed by atoms with van der Waals surface area (Å²) in [5, 5.41) is 28.5. The molecule has 0 heterocycles. The Morgan fingerprint density at radius 2 is 1.43 bits per heavy atom. The zero-order valence-corrected chi connectivity index (χ0v) is 19.6. The molecule has 5 rings (SSSR count). The van der Waals surface area contributed by atoms with Crippen molar-refractivity contribution in [2.75, 3.05) is 5.32 Å². The molecule has 0 fully saturated rings. The van der Waals surface area contributed by atoms with Gasteiger partial charge >= 0.3 is 0 Å². The number of aryl methyl sites for hydroxylation is 1. The SMILES string of the molecule is CCCCc1ccc(NC(=O)c2cc3ccccc3c(-c3c(O)ccc4ccccc34)c2O)cc1. The molecule has 0 bridgehead atoms. The Morgan fingerprint density at radius 3 is 2.14 bits per heavy atom. The third-order valence-electron chi connectivity index (χ3n) is 6.45. The average molecular weight is 462 g/mol. The van der Waals surface area contributed by atoms with Gasteiger partial charge in [0.25, 0.3) is 5.91 Å². The van der Waals surface area contributed by atoms with E-state index >= 15 is 0 Å². The van der Waals surface area contributed by atoms with Crippen LogP contribution in [0, 0.1) is 0 Å². The lowest BCUT2D eigenvalue weighted by molar-refractivity contribution is 0.102. The highest BCUT2D eigenvalue weighted by Gasteiger charge is 2.22. The lowest BCUT2D eigenvalue weighted by Gasteiger charge is -2.17. The molecule has 35 heavy (non-hydrogen) atoms. The summed E-state index contributed by atoms with van der Waals surface area (Å²) in [7, 11) is 0. The van der Waals surface area contributed by atoms with Crippen LogP contribution < -0.4 is 5.32 Å². The van der Waals surface area contributed by atoms with Crippen molar-refractivity contribution in [1.29, 1.82) is 0 Å². The molecule has 0 spiro atoms. The fourth-order valence-electron chi connectivity index (χ4n) is 4.62. The first-order chi connectivity index (χ1) is 17.1. The lowest BCUT2D eigenvalue weighted by atomic mass is 9.90. The van der Waals surface area contributed by atoms with Gasteiger partial charge < -0.3 is 15.5 Å². The van der Waals surface area contributed by atoms with Crippen molar-refractivity contribution < 1.29 is 15.0 Å². The first kappa shape index (κ1) is 22.5. The van der Waals surface area contributed by atoms with Gasteiger partial charge in [-0.3, -0.25) is 4.79 Å². The maximum atomic E-state index is 13.3. The first-order valence-corrected chi connectivity index (χ1v) is 11.9. The first-order valence-electron chi connectivity index (χ1n) is 11.9. The van der Waals surface area contributed by atoms with Crippen molar-refractivity contribution in [3.05, 3.63) is 102 Å². The van der Waals surface area contributed by atoms with Crippen LogP contribution in [0.25, 0.3) is 32.7 Å². The molecule has 4 nitrogen and oxygen atoms in total. The predicted molar refractivity (Wildman–Crippen MR) is 143 cm³/mol. The summed E-state index contributed by atoms with van der Waals surface area (Å²) >= 11 is 0. The second-order valence-electron chi connectivity index (χ2n) is 8.80. The van der Waals surface area contributed by atoms with Crippen LogP contribution in [0.4, 0.5) is 5.69 Å². The predicted octanol–water partition coefficient (Wildman–Crippen LogP) is 7.67. The molecule has 4 heteroatoms. The number of aromatic hydroxyl groups is 2. The van der Waals surface area contributed by atoms with Crippen LogP contribution in [-0.2, 0) is 6.42 Å². The number of rotatable bonds is 6. The van der Waals surface area contributed by atoms with Gasteiger partial charge in [0, 0.05) is 16.8 Å². The van der Waals surface area contributed by atoms with Gasteiger partial charge in [-0.1, -0.05) is 80.1 Å². The molecule has 0 saturated carbocycles. The van der Waals surface area contributed by atoms with E-state index < -0.39 is 5.91 Å². The maximum absolute atomic E-state index is 13.3. The second kappa shape index (κ2) is 9.51. The highest BCUT2D eigenvalue weighted by atomic mass is 16.3. The van der Waals surface area contributed by atoms with Gasteiger partial charge in [-0.25, -0.2) is 0 Å². The van der Waals surface area contributed by atoms with Crippen LogP contribution in [-0.4, -0.2) is 16.1 Å². The number of unbranched alkanes of at least 4 members (excludes halogenated alkanes) is 1. The van der Waals surface area contributed by atoms with Crippen molar-refractivity contribution in [2.45, 2.75) is 26.2 Å². The van der Waals surface area contributed by atoms with Gasteiger partial charge in [0.1, 0.15) is 11.5 Å². The van der Waals surface area contributed by atoms with E-state index in [0.717, 1.165) is 40.8 Å². The van der Waals surface area contributed by atoms with E-state index in [9.17, 15) is 15.0 Å². The van der Waals surface area contributed by atoms with E-state index in [4.69, 9.17) is 0 Å². The minimum Gasteiger partial charge on any atom is -0.507 e. The molecule has 0 aliphatic carbocycles. The fourth-order valence-corrected chi connectivity index (χ4v) is 4.62. The Labute approximate surface area is 204 Å². The van der Waals surface area contributed by atoms with Crippen molar-refractivity contribution in [1.82, 2.24) is 0 Å². The Kier molecular flexibility index (Phi) is 6.11. The summed E-state index contributed by atoms with van der Waals surface area (Å²) in [6.45, 7) is 2.16. The van der Waals surface area contributed by atoms with Crippen LogP contribution in [0.5, 0.6) is 11.5 Å². The van der Waals surface area contributed by atoms with Crippen LogP contribution in [0.2, 0.25) is 0 Å². The maximum Gasteiger partial charge on any atom is 0.259 e. The van der Waals surface area contributed by atoms with E-state index in [1.165, 1.54) is 5.56 Å². The molecule has 0 saturated heterocycles. The molecule has 0 radical (unpaired) electrons. The van der Waals surface area contributed by atoms with E-state index in [-0.39, 0.29) is 17.1 Å². The third kappa shape index (κ3) is 4.31. The number of anilines is 1. The van der Waals surface area contributed by atoms with Gasteiger partial charge in [0.05, 0.1) is 5.56 Å². The zero-order valence-electron chi connectivity index (χ0n) is 19.6. The summed E-state index contributed by atoms with van der Waals surface area (Å²) in [5.74, 6) is -0.521. The molecule has 0 aromatic heterocycles. The summed E-state index contributed by atoms with van der Waals surface area (Å²) in [6.07, 6.45) is 3.27. The fraction of sp³-hybridized carbons (Fsp3) is 0.129. The quantitative estimate of drug-likeness (QED) is 0.243. The number of phenols is 2. The van der Waals surface area contributed by atoms with Crippen LogP contribution in [0.15, 0.2) is 91.0 Å².